The first-order valence-corrected chi connectivity index (χ1v) is 11.7. The third-order valence-electron chi connectivity index (χ3n) is 5.37. The van der Waals surface area contributed by atoms with E-state index in [2.05, 4.69) is 0 Å². The molecule has 0 atom stereocenters. The van der Waals surface area contributed by atoms with Crippen LogP contribution in [0.3, 0.4) is 0 Å². The number of hydrogen-bond donors (Lipinski definition) is 0. The Kier molecular flexibility index (Phi) is 7.06. The van der Waals surface area contributed by atoms with Crippen LogP contribution in [0.4, 0.5) is 0 Å². The van der Waals surface area contributed by atoms with Crippen LogP contribution in [0.15, 0.2) is 47.4 Å². The molecule has 0 saturated carbocycles. The Morgan fingerprint density at radius 3 is 2.23 bits per heavy atom. The molecule has 0 bridgehead atoms. The van der Waals surface area contributed by atoms with Gasteiger partial charge in [0, 0.05) is 38.0 Å². The Morgan fingerprint density at radius 1 is 1.10 bits per heavy atom. The van der Waals surface area contributed by atoms with Crippen molar-refractivity contribution in [2.75, 3.05) is 26.7 Å². The first-order chi connectivity index (χ1) is 14.2. The van der Waals surface area contributed by atoms with Gasteiger partial charge in [0.1, 0.15) is 11.9 Å². The number of carbonyl (C=O) groups excluding carboxylic acids is 1. The lowest BCUT2D eigenvalue weighted by atomic mass is 10.1. The summed E-state index contributed by atoms with van der Waals surface area (Å²) in [6, 6.07) is 12.0. The minimum absolute atomic E-state index is 0.0457. The second kappa shape index (κ2) is 9.37. The number of hydrogen-bond acceptors (Lipinski definition) is 4. The SMILES string of the molecule is Cc1cccc(C)c1OC1CCN(C(=O)CN(C)S(=O)(=O)c2ccc(Cl)cc2)CC1. The van der Waals surface area contributed by atoms with E-state index < -0.39 is 10.0 Å². The van der Waals surface area contributed by atoms with Crippen LogP contribution in [0.2, 0.25) is 5.02 Å². The summed E-state index contributed by atoms with van der Waals surface area (Å²) in [6.07, 6.45) is 1.48. The van der Waals surface area contributed by atoms with E-state index in [1.54, 1.807) is 4.90 Å². The van der Waals surface area contributed by atoms with Crippen molar-refractivity contribution in [1.29, 1.82) is 0 Å². The van der Waals surface area contributed by atoms with Crippen molar-refractivity contribution in [3.05, 3.63) is 58.6 Å². The minimum Gasteiger partial charge on any atom is -0.490 e. The van der Waals surface area contributed by atoms with Crippen LogP contribution in [0.1, 0.15) is 24.0 Å². The third-order valence-corrected chi connectivity index (χ3v) is 7.44. The third kappa shape index (κ3) is 5.14. The maximum atomic E-state index is 12.7. The zero-order chi connectivity index (χ0) is 21.9. The van der Waals surface area contributed by atoms with Gasteiger partial charge < -0.3 is 9.64 Å². The molecular formula is C22H27ClN2O4S. The topological polar surface area (TPSA) is 66.9 Å². The molecule has 2 aromatic carbocycles. The van der Waals surface area contributed by atoms with Gasteiger partial charge in [-0.2, -0.15) is 4.31 Å². The number of aryl methyl sites for hydroxylation is 2. The average Bonchev–Trinajstić information content (AvgIpc) is 2.71. The molecule has 1 heterocycles. The summed E-state index contributed by atoms with van der Waals surface area (Å²) in [5.74, 6) is 0.705. The smallest absolute Gasteiger partial charge is 0.243 e. The number of sulfonamides is 1. The lowest BCUT2D eigenvalue weighted by molar-refractivity contribution is -0.133. The van der Waals surface area contributed by atoms with Gasteiger partial charge in [0.05, 0.1) is 11.4 Å². The largest absolute Gasteiger partial charge is 0.490 e. The van der Waals surface area contributed by atoms with Crippen molar-refractivity contribution in [1.82, 2.24) is 9.21 Å². The molecule has 0 N–H and O–H groups in total. The highest BCUT2D eigenvalue weighted by Gasteiger charge is 2.28. The fraction of sp³-hybridized carbons (Fsp3) is 0.409. The molecule has 0 aliphatic carbocycles. The highest BCUT2D eigenvalue weighted by molar-refractivity contribution is 7.89. The van der Waals surface area contributed by atoms with Crippen LogP contribution in [-0.4, -0.2) is 56.3 Å². The maximum absolute atomic E-state index is 12.7. The van der Waals surface area contributed by atoms with E-state index in [0.717, 1.165) is 21.2 Å². The number of para-hydroxylation sites is 1. The summed E-state index contributed by atoms with van der Waals surface area (Å²) in [7, 11) is -2.33. The van der Waals surface area contributed by atoms with Crippen LogP contribution in [0.5, 0.6) is 5.75 Å². The summed E-state index contributed by atoms with van der Waals surface area (Å²) in [5.41, 5.74) is 2.20. The van der Waals surface area contributed by atoms with Gasteiger partial charge in [-0.25, -0.2) is 8.42 Å². The van der Waals surface area contributed by atoms with Crippen LogP contribution in [-0.2, 0) is 14.8 Å². The van der Waals surface area contributed by atoms with Gasteiger partial charge in [0.25, 0.3) is 0 Å². The lowest BCUT2D eigenvalue weighted by Gasteiger charge is -2.33. The number of likely N-dealkylation sites (tertiary alicyclic amines) is 1. The molecule has 0 radical (unpaired) electrons. The molecule has 2 aromatic rings. The maximum Gasteiger partial charge on any atom is 0.243 e. The molecule has 6 nitrogen and oxygen atoms in total. The van der Waals surface area contributed by atoms with Gasteiger partial charge in [-0.3, -0.25) is 4.79 Å². The minimum atomic E-state index is -3.75. The second-order valence-electron chi connectivity index (χ2n) is 7.63. The van der Waals surface area contributed by atoms with E-state index in [1.807, 2.05) is 32.0 Å². The second-order valence-corrected chi connectivity index (χ2v) is 10.1. The highest BCUT2D eigenvalue weighted by Crippen LogP contribution is 2.26. The summed E-state index contributed by atoms with van der Waals surface area (Å²) < 4.78 is 32.6. The van der Waals surface area contributed by atoms with E-state index >= 15 is 0 Å². The van der Waals surface area contributed by atoms with Crippen molar-refractivity contribution < 1.29 is 17.9 Å². The highest BCUT2D eigenvalue weighted by atomic mass is 35.5. The monoisotopic (exact) mass is 450 g/mol. The first kappa shape index (κ1) is 22.6. The summed E-state index contributed by atoms with van der Waals surface area (Å²) in [4.78, 5) is 14.5. The molecule has 0 spiro atoms. The number of ether oxygens (including phenoxy) is 1. The molecule has 8 heteroatoms. The summed E-state index contributed by atoms with van der Waals surface area (Å²) in [6.45, 7) is 4.94. The van der Waals surface area contributed by atoms with Gasteiger partial charge >= 0.3 is 0 Å². The van der Waals surface area contributed by atoms with Gasteiger partial charge in [-0.05, 0) is 49.2 Å². The van der Waals surface area contributed by atoms with Gasteiger partial charge in [0.2, 0.25) is 15.9 Å². The van der Waals surface area contributed by atoms with Crippen molar-refractivity contribution in [2.24, 2.45) is 0 Å². The molecule has 0 unspecified atom stereocenters. The summed E-state index contributed by atoms with van der Waals surface area (Å²) in [5, 5.41) is 0.457. The number of carbonyl (C=O) groups is 1. The molecule has 1 saturated heterocycles. The Labute approximate surface area is 183 Å². The lowest BCUT2D eigenvalue weighted by Crippen LogP contribution is -2.46. The number of benzene rings is 2. The molecule has 1 amide bonds. The standard InChI is InChI=1S/C22H27ClN2O4S/c1-16-5-4-6-17(2)22(16)29-19-11-13-25(14-12-19)21(26)15-24(3)30(27,28)20-9-7-18(23)8-10-20/h4-10,19H,11-15H2,1-3H3. The van der Waals surface area contributed by atoms with Crippen LogP contribution in [0.25, 0.3) is 0 Å². The van der Waals surface area contributed by atoms with Crippen molar-refractivity contribution in [2.45, 2.75) is 37.7 Å². The Hall–Kier alpha value is -2.09. The normalized spacial score (nSPS) is 15.4. The van der Waals surface area contributed by atoms with E-state index in [1.165, 1.54) is 31.3 Å². The van der Waals surface area contributed by atoms with E-state index in [9.17, 15) is 13.2 Å². The van der Waals surface area contributed by atoms with E-state index in [0.29, 0.717) is 31.0 Å². The molecule has 162 valence electrons. The van der Waals surface area contributed by atoms with Crippen LogP contribution in [0, 0.1) is 13.8 Å². The Balaban J connectivity index is 1.55. The number of halogens is 1. The Bertz CT molecular complexity index is 980. The van der Waals surface area contributed by atoms with Crippen LogP contribution >= 0.6 is 11.6 Å². The fourth-order valence-corrected chi connectivity index (χ4v) is 4.78. The van der Waals surface area contributed by atoms with E-state index in [-0.39, 0.29) is 23.5 Å². The summed E-state index contributed by atoms with van der Waals surface area (Å²) >= 11 is 5.83. The van der Waals surface area contributed by atoms with Crippen molar-refractivity contribution in [3.63, 3.8) is 0 Å². The number of piperidine rings is 1. The quantitative estimate of drug-likeness (QED) is 0.673. The number of likely N-dealkylation sites (N-methyl/N-ethyl adjacent to an activating group) is 1. The molecule has 3 rings (SSSR count). The average molecular weight is 451 g/mol. The zero-order valence-electron chi connectivity index (χ0n) is 17.5. The predicted molar refractivity (Wildman–Crippen MR) is 117 cm³/mol. The number of amides is 1. The predicted octanol–water partition coefficient (Wildman–Crippen LogP) is 3.65. The zero-order valence-corrected chi connectivity index (χ0v) is 19.0. The Morgan fingerprint density at radius 2 is 1.67 bits per heavy atom. The molecule has 1 aliphatic rings. The molecule has 1 aliphatic heterocycles. The van der Waals surface area contributed by atoms with Crippen LogP contribution < -0.4 is 4.74 Å². The first-order valence-electron chi connectivity index (χ1n) is 9.91. The van der Waals surface area contributed by atoms with Gasteiger partial charge in [-0.1, -0.05) is 29.8 Å². The molecule has 30 heavy (non-hydrogen) atoms. The fourth-order valence-electron chi connectivity index (χ4n) is 3.54. The van der Waals surface area contributed by atoms with E-state index in [4.69, 9.17) is 16.3 Å². The molecule has 0 aromatic heterocycles. The number of nitrogens with zero attached hydrogens (tertiary/aromatic N) is 2. The van der Waals surface area contributed by atoms with Gasteiger partial charge in [0.15, 0.2) is 0 Å². The molecular weight excluding hydrogens is 424 g/mol. The number of rotatable bonds is 6. The van der Waals surface area contributed by atoms with Gasteiger partial charge in [-0.15, -0.1) is 0 Å². The van der Waals surface area contributed by atoms with Crippen molar-refractivity contribution in [3.8, 4) is 5.75 Å². The molecule has 1 fully saturated rings. The van der Waals surface area contributed by atoms with Crippen molar-refractivity contribution >= 4 is 27.5 Å².